The van der Waals surface area contributed by atoms with Crippen molar-refractivity contribution < 1.29 is 18.9 Å². The van der Waals surface area contributed by atoms with E-state index in [0.29, 0.717) is 12.1 Å². The molecule has 3 aromatic carbocycles. The standard InChI is InChI=1S/C25H18FN3O4/c26-18-9-13-19(14-10-18)28-24(30)22(17-7-11-20(12-8-17)29(32)33)23(25(28)31)27-15-3-5-16-4-1-2-6-21(16)27/h1-2,4,6-14H,3,5,15H2. The number of hydrogen-bond acceptors (Lipinski definition) is 5. The molecule has 0 saturated carbocycles. The lowest BCUT2D eigenvalue weighted by atomic mass is 9.98. The molecule has 2 amide bonds. The van der Waals surface area contributed by atoms with Crippen molar-refractivity contribution in [3.05, 3.63) is 106 Å². The average molecular weight is 443 g/mol. The summed E-state index contributed by atoms with van der Waals surface area (Å²) < 4.78 is 13.5. The van der Waals surface area contributed by atoms with E-state index in [9.17, 15) is 24.1 Å². The van der Waals surface area contributed by atoms with E-state index in [2.05, 4.69) is 0 Å². The number of nitro groups is 1. The summed E-state index contributed by atoms with van der Waals surface area (Å²) in [6.45, 7) is 0.541. The number of nitro benzene ring substituents is 1. The van der Waals surface area contributed by atoms with Crippen molar-refractivity contribution in [1.29, 1.82) is 0 Å². The Morgan fingerprint density at radius 2 is 1.58 bits per heavy atom. The number of amides is 2. The van der Waals surface area contributed by atoms with Crippen LogP contribution in [0.25, 0.3) is 5.57 Å². The number of nitrogens with zero attached hydrogens (tertiary/aromatic N) is 3. The van der Waals surface area contributed by atoms with Gasteiger partial charge in [-0.3, -0.25) is 19.7 Å². The first-order chi connectivity index (χ1) is 16.0. The van der Waals surface area contributed by atoms with Gasteiger partial charge in [-0.05, 0) is 66.4 Å². The Balaban J connectivity index is 1.68. The summed E-state index contributed by atoms with van der Waals surface area (Å²) in [6.07, 6.45) is 1.66. The van der Waals surface area contributed by atoms with Gasteiger partial charge in [-0.15, -0.1) is 0 Å². The zero-order chi connectivity index (χ0) is 23.1. The van der Waals surface area contributed by atoms with E-state index in [4.69, 9.17) is 0 Å². The number of hydrogen-bond donors (Lipinski definition) is 0. The Morgan fingerprint density at radius 1 is 0.879 bits per heavy atom. The highest BCUT2D eigenvalue weighted by atomic mass is 19.1. The van der Waals surface area contributed by atoms with Gasteiger partial charge in [0.15, 0.2) is 0 Å². The van der Waals surface area contributed by atoms with Crippen molar-refractivity contribution in [3.8, 4) is 0 Å². The number of imide groups is 1. The summed E-state index contributed by atoms with van der Waals surface area (Å²) >= 11 is 0. The number of fused-ring (bicyclic) bond motifs is 1. The molecule has 0 spiro atoms. The molecule has 0 aromatic heterocycles. The van der Waals surface area contributed by atoms with Gasteiger partial charge in [-0.25, -0.2) is 9.29 Å². The fourth-order valence-corrected chi connectivity index (χ4v) is 4.37. The second-order valence-corrected chi connectivity index (χ2v) is 7.83. The fraction of sp³-hybridized carbons (Fsp3) is 0.120. The first-order valence-corrected chi connectivity index (χ1v) is 10.4. The predicted octanol–water partition coefficient (Wildman–Crippen LogP) is 4.47. The van der Waals surface area contributed by atoms with Gasteiger partial charge in [-0.2, -0.15) is 0 Å². The molecule has 8 heteroatoms. The van der Waals surface area contributed by atoms with Gasteiger partial charge in [-0.1, -0.05) is 18.2 Å². The van der Waals surface area contributed by atoms with E-state index in [1.807, 2.05) is 29.2 Å². The van der Waals surface area contributed by atoms with Gasteiger partial charge in [0.2, 0.25) is 0 Å². The number of anilines is 2. The van der Waals surface area contributed by atoms with Gasteiger partial charge in [0.1, 0.15) is 11.5 Å². The number of benzene rings is 3. The molecule has 7 nitrogen and oxygen atoms in total. The van der Waals surface area contributed by atoms with Crippen LogP contribution in [0, 0.1) is 15.9 Å². The van der Waals surface area contributed by atoms with E-state index in [1.165, 1.54) is 48.5 Å². The average Bonchev–Trinajstić information content (AvgIpc) is 3.09. The third-order valence-corrected chi connectivity index (χ3v) is 5.89. The maximum Gasteiger partial charge on any atom is 0.282 e. The molecule has 3 aromatic rings. The first kappa shape index (κ1) is 20.6. The Hall–Kier alpha value is -4.33. The third kappa shape index (κ3) is 3.45. The highest BCUT2D eigenvalue weighted by Crippen LogP contribution is 2.39. The Bertz CT molecular complexity index is 1320. The molecule has 0 N–H and O–H groups in total. The molecule has 0 atom stereocenters. The highest BCUT2D eigenvalue weighted by Gasteiger charge is 2.43. The van der Waals surface area contributed by atoms with Gasteiger partial charge in [0, 0.05) is 24.4 Å². The zero-order valence-electron chi connectivity index (χ0n) is 17.4. The zero-order valence-corrected chi connectivity index (χ0v) is 17.4. The summed E-state index contributed by atoms with van der Waals surface area (Å²) in [7, 11) is 0. The second-order valence-electron chi connectivity index (χ2n) is 7.83. The van der Waals surface area contributed by atoms with Crippen LogP contribution in [0.1, 0.15) is 17.5 Å². The number of aryl methyl sites for hydroxylation is 1. The van der Waals surface area contributed by atoms with E-state index < -0.39 is 22.6 Å². The number of non-ortho nitro benzene ring substituents is 1. The van der Waals surface area contributed by atoms with E-state index >= 15 is 0 Å². The molecule has 0 saturated heterocycles. The molecule has 2 aliphatic heterocycles. The maximum absolute atomic E-state index is 13.7. The van der Waals surface area contributed by atoms with Gasteiger partial charge in [0.05, 0.1) is 16.2 Å². The smallest absolute Gasteiger partial charge is 0.282 e. The van der Waals surface area contributed by atoms with E-state index in [1.54, 1.807) is 0 Å². The summed E-state index contributed by atoms with van der Waals surface area (Å²) in [5, 5.41) is 11.1. The number of para-hydroxylation sites is 1. The monoisotopic (exact) mass is 443 g/mol. The van der Waals surface area contributed by atoms with Crippen LogP contribution in [0.3, 0.4) is 0 Å². The summed E-state index contributed by atoms with van der Waals surface area (Å²) in [5.74, 6) is -1.55. The van der Waals surface area contributed by atoms with Crippen LogP contribution in [-0.2, 0) is 16.0 Å². The molecule has 5 rings (SSSR count). The second kappa shape index (κ2) is 7.98. The van der Waals surface area contributed by atoms with Gasteiger partial charge >= 0.3 is 0 Å². The van der Waals surface area contributed by atoms with Crippen molar-refractivity contribution in [2.75, 3.05) is 16.3 Å². The molecule has 164 valence electrons. The first-order valence-electron chi connectivity index (χ1n) is 10.4. The van der Waals surface area contributed by atoms with Gasteiger partial charge in [0.25, 0.3) is 17.5 Å². The number of halogens is 1. The van der Waals surface area contributed by atoms with Crippen LogP contribution < -0.4 is 9.80 Å². The van der Waals surface area contributed by atoms with Crippen LogP contribution in [0.5, 0.6) is 0 Å². The summed E-state index contributed by atoms with van der Waals surface area (Å²) in [4.78, 5) is 40.7. The molecule has 0 aliphatic carbocycles. The lowest BCUT2D eigenvalue weighted by Crippen LogP contribution is -2.37. The molecular formula is C25H18FN3O4. The van der Waals surface area contributed by atoms with Crippen LogP contribution in [0.2, 0.25) is 0 Å². The molecule has 0 bridgehead atoms. The Labute approximate surface area is 188 Å². The highest BCUT2D eigenvalue weighted by molar-refractivity contribution is 6.46. The van der Waals surface area contributed by atoms with Crippen LogP contribution in [0.4, 0.5) is 21.5 Å². The van der Waals surface area contributed by atoms with E-state index in [-0.39, 0.29) is 22.6 Å². The van der Waals surface area contributed by atoms with Crippen molar-refractivity contribution >= 4 is 34.4 Å². The number of rotatable bonds is 4. The Morgan fingerprint density at radius 3 is 2.27 bits per heavy atom. The molecule has 2 heterocycles. The lowest BCUT2D eigenvalue weighted by molar-refractivity contribution is -0.384. The third-order valence-electron chi connectivity index (χ3n) is 5.89. The van der Waals surface area contributed by atoms with E-state index in [0.717, 1.165) is 29.0 Å². The van der Waals surface area contributed by atoms with Crippen molar-refractivity contribution in [1.82, 2.24) is 0 Å². The predicted molar refractivity (Wildman–Crippen MR) is 121 cm³/mol. The van der Waals surface area contributed by atoms with Crippen molar-refractivity contribution in [2.45, 2.75) is 12.8 Å². The van der Waals surface area contributed by atoms with Crippen molar-refractivity contribution in [2.24, 2.45) is 0 Å². The van der Waals surface area contributed by atoms with Gasteiger partial charge < -0.3 is 4.90 Å². The fourth-order valence-electron chi connectivity index (χ4n) is 4.37. The lowest BCUT2D eigenvalue weighted by Gasteiger charge is -2.32. The molecule has 0 fully saturated rings. The Kier molecular flexibility index (Phi) is 4.97. The van der Waals surface area contributed by atoms with Crippen LogP contribution in [0.15, 0.2) is 78.5 Å². The maximum atomic E-state index is 13.7. The van der Waals surface area contributed by atoms with Crippen LogP contribution in [-0.4, -0.2) is 23.3 Å². The summed E-state index contributed by atoms with van der Waals surface area (Å²) in [6, 6.07) is 18.4. The minimum absolute atomic E-state index is 0.114. The quantitative estimate of drug-likeness (QED) is 0.338. The topological polar surface area (TPSA) is 83.8 Å². The molecule has 2 aliphatic rings. The normalized spacial score (nSPS) is 15.8. The molecule has 0 unspecified atom stereocenters. The van der Waals surface area contributed by atoms with Crippen molar-refractivity contribution in [3.63, 3.8) is 0 Å². The molecule has 33 heavy (non-hydrogen) atoms. The summed E-state index contributed by atoms with van der Waals surface area (Å²) in [5.41, 5.74) is 2.84. The SMILES string of the molecule is O=C1C(c2ccc([N+](=O)[O-])cc2)=C(N2CCCc3ccccc32)C(=O)N1c1ccc(F)cc1. The van der Waals surface area contributed by atoms with Crippen LogP contribution >= 0.6 is 0 Å². The molecular weight excluding hydrogens is 425 g/mol. The largest absolute Gasteiger partial charge is 0.336 e. The number of carbonyl (C=O) groups is 2. The minimum atomic E-state index is -0.557. The molecule has 0 radical (unpaired) electrons. The number of carbonyl (C=O) groups excluding carboxylic acids is 2. The minimum Gasteiger partial charge on any atom is -0.336 e.